The Morgan fingerprint density at radius 1 is 1.23 bits per heavy atom. The molecule has 0 spiro atoms. The monoisotopic (exact) mass is 338 g/mol. The summed E-state index contributed by atoms with van der Waals surface area (Å²) < 4.78 is 22.3. The lowest BCUT2D eigenvalue weighted by atomic mass is 10.1. The number of carbonyl (C=O) groups is 1. The van der Waals surface area contributed by atoms with Gasteiger partial charge in [-0.15, -0.1) is 11.3 Å². The average molecular weight is 338 g/mol. The van der Waals surface area contributed by atoms with Gasteiger partial charge in [-0.2, -0.15) is 0 Å². The van der Waals surface area contributed by atoms with Crippen molar-refractivity contribution in [2.75, 3.05) is 6.54 Å². The van der Waals surface area contributed by atoms with Crippen LogP contribution in [0.1, 0.15) is 26.4 Å². The number of nitrogens with one attached hydrogen (secondary N) is 1. The van der Waals surface area contributed by atoms with Crippen LogP contribution < -0.4 is 10.5 Å². The van der Waals surface area contributed by atoms with Gasteiger partial charge < -0.3 is 5.32 Å². The Balaban J connectivity index is 1.91. The Morgan fingerprint density at radius 3 is 2.36 bits per heavy atom. The summed E-state index contributed by atoms with van der Waals surface area (Å²) in [5.74, 6) is -0.0805. The van der Waals surface area contributed by atoms with Crippen molar-refractivity contribution in [1.82, 2.24) is 5.32 Å². The van der Waals surface area contributed by atoms with Crippen LogP contribution in [-0.2, 0) is 16.4 Å². The van der Waals surface area contributed by atoms with Crippen molar-refractivity contribution in [3.8, 4) is 0 Å². The predicted octanol–water partition coefficient (Wildman–Crippen LogP) is 1.98. The van der Waals surface area contributed by atoms with E-state index in [-0.39, 0.29) is 10.8 Å². The summed E-state index contributed by atoms with van der Waals surface area (Å²) >= 11 is 1.56. The van der Waals surface area contributed by atoms with Crippen LogP contribution in [0.15, 0.2) is 34.5 Å². The van der Waals surface area contributed by atoms with Gasteiger partial charge in [-0.3, -0.25) is 4.79 Å². The number of hydrogen-bond donors (Lipinski definition) is 2. The summed E-state index contributed by atoms with van der Waals surface area (Å²) in [5.41, 5.74) is 2.66. The molecular weight excluding hydrogens is 320 g/mol. The minimum atomic E-state index is -3.66. The van der Waals surface area contributed by atoms with Gasteiger partial charge in [0.05, 0.1) is 10.5 Å². The minimum absolute atomic E-state index is 0.0805. The molecule has 0 saturated carbocycles. The summed E-state index contributed by atoms with van der Waals surface area (Å²) in [6.07, 6.45) is 0.624. The molecule has 1 aromatic heterocycles. The normalized spacial score (nSPS) is 11.4. The number of rotatable bonds is 5. The number of benzene rings is 1. The second kappa shape index (κ2) is 6.60. The molecule has 1 amide bonds. The molecule has 5 nitrogen and oxygen atoms in total. The van der Waals surface area contributed by atoms with Gasteiger partial charge in [0.25, 0.3) is 5.91 Å². The molecular formula is C15H18N2O3S2. The third kappa shape index (κ3) is 3.94. The molecule has 7 heteroatoms. The number of nitrogens with two attached hydrogens (primary N) is 1. The molecule has 0 fully saturated rings. The molecule has 0 aliphatic heterocycles. The zero-order valence-corrected chi connectivity index (χ0v) is 14.1. The number of thiophene rings is 1. The van der Waals surface area contributed by atoms with E-state index in [1.54, 1.807) is 23.5 Å². The highest BCUT2D eigenvalue weighted by atomic mass is 32.2. The van der Waals surface area contributed by atoms with Crippen LogP contribution in [0.25, 0.3) is 0 Å². The molecule has 0 aliphatic rings. The Kier molecular flexibility index (Phi) is 5.00. The molecule has 2 rings (SSSR count). The second-order valence-electron chi connectivity index (χ2n) is 5.03. The van der Waals surface area contributed by atoms with Crippen LogP contribution in [-0.4, -0.2) is 20.9 Å². The third-order valence-electron chi connectivity index (χ3n) is 3.48. The zero-order chi connectivity index (χ0) is 16.3. The molecule has 0 aliphatic carbocycles. The van der Waals surface area contributed by atoms with Crippen molar-refractivity contribution in [1.29, 1.82) is 0 Å². The topological polar surface area (TPSA) is 89.3 Å². The fraction of sp³-hybridized carbons (Fsp3) is 0.267. The van der Waals surface area contributed by atoms with Gasteiger partial charge in [-0.1, -0.05) is 12.1 Å². The van der Waals surface area contributed by atoms with E-state index in [9.17, 15) is 13.2 Å². The lowest BCUT2D eigenvalue weighted by Gasteiger charge is -2.06. The molecule has 3 N–H and O–H groups in total. The maximum absolute atomic E-state index is 12.1. The Labute approximate surface area is 134 Å². The van der Waals surface area contributed by atoms with Gasteiger partial charge >= 0.3 is 0 Å². The van der Waals surface area contributed by atoms with Crippen LogP contribution in [0.4, 0.5) is 0 Å². The summed E-state index contributed by atoms with van der Waals surface area (Å²) in [5, 5.41) is 9.78. The van der Waals surface area contributed by atoms with E-state index in [4.69, 9.17) is 5.14 Å². The van der Waals surface area contributed by atoms with Crippen LogP contribution >= 0.6 is 11.3 Å². The zero-order valence-electron chi connectivity index (χ0n) is 12.4. The van der Waals surface area contributed by atoms with E-state index in [0.29, 0.717) is 18.5 Å². The lowest BCUT2D eigenvalue weighted by Crippen LogP contribution is -2.25. The number of aryl methyl sites for hydroxylation is 1. The van der Waals surface area contributed by atoms with E-state index in [2.05, 4.69) is 5.32 Å². The lowest BCUT2D eigenvalue weighted by molar-refractivity contribution is 0.0954. The SMILES string of the molecule is Cc1scc(C(=O)NCCc2ccc(S(N)(=O)=O)cc2)c1C. The number of primary sulfonamides is 1. The summed E-state index contributed by atoms with van der Waals surface area (Å²) in [6, 6.07) is 6.34. The molecule has 0 bridgehead atoms. The first-order chi connectivity index (χ1) is 10.3. The Bertz CT molecular complexity index is 778. The van der Waals surface area contributed by atoms with Crippen LogP contribution in [0.5, 0.6) is 0 Å². The molecule has 0 atom stereocenters. The van der Waals surface area contributed by atoms with Crippen LogP contribution in [0.2, 0.25) is 0 Å². The average Bonchev–Trinajstić information content (AvgIpc) is 2.78. The van der Waals surface area contributed by atoms with E-state index in [1.165, 1.54) is 12.1 Å². The van der Waals surface area contributed by atoms with Crippen LogP contribution in [0, 0.1) is 13.8 Å². The predicted molar refractivity (Wildman–Crippen MR) is 87.6 cm³/mol. The standard InChI is InChI=1S/C15H18N2O3S2/c1-10-11(2)21-9-14(10)15(18)17-8-7-12-3-5-13(6-4-12)22(16,19)20/h3-6,9H,7-8H2,1-2H3,(H,17,18)(H2,16,19,20). The smallest absolute Gasteiger partial charge is 0.252 e. The number of amides is 1. The van der Waals surface area contributed by atoms with Gasteiger partial charge in [0.15, 0.2) is 0 Å². The van der Waals surface area contributed by atoms with Crippen molar-refractivity contribution < 1.29 is 13.2 Å². The molecule has 22 heavy (non-hydrogen) atoms. The highest BCUT2D eigenvalue weighted by Crippen LogP contribution is 2.20. The molecule has 1 aromatic carbocycles. The second-order valence-corrected chi connectivity index (χ2v) is 7.67. The largest absolute Gasteiger partial charge is 0.352 e. The van der Waals surface area contributed by atoms with Gasteiger partial charge in [0, 0.05) is 16.8 Å². The number of hydrogen-bond acceptors (Lipinski definition) is 4. The first kappa shape index (κ1) is 16.7. The number of sulfonamides is 1. The van der Waals surface area contributed by atoms with Gasteiger partial charge in [0.2, 0.25) is 10.0 Å². The Morgan fingerprint density at radius 2 is 1.86 bits per heavy atom. The quantitative estimate of drug-likeness (QED) is 0.873. The molecule has 2 aromatic rings. The van der Waals surface area contributed by atoms with Gasteiger partial charge in [-0.05, 0) is 43.5 Å². The van der Waals surface area contributed by atoms with Gasteiger partial charge in [-0.25, -0.2) is 13.6 Å². The fourth-order valence-corrected chi connectivity index (χ4v) is 3.38. The molecule has 1 heterocycles. The van der Waals surface area contributed by atoms with E-state index in [1.807, 2.05) is 19.2 Å². The highest BCUT2D eigenvalue weighted by Gasteiger charge is 2.12. The van der Waals surface area contributed by atoms with Crippen molar-refractivity contribution in [3.63, 3.8) is 0 Å². The van der Waals surface area contributed by atoms with E-state index >= 15 is 0 Å². The fourth-order valence-electron chi connectivity index (χ4n) is 2.00. The third-order valence-corrected chi connectivity index (χ3v) is 5.42. The number of carbonyl (C=O) groups excluding carboxylic acids is 1. The molecule has 0 radical (unpaired) electrons. The van der Waals surface area contributed by atoms with Crippen molar-refractivity contribution >= 4 is 27.3 Å². The molecule has 118 valence electrons. The summed E-state index contributed by atoms with van der Waals surface area (Å²) in [4.78, 5) is 13.3. The first-order valence-corrected chi connectivity index (χ1v) is 9.16. The maximum Gasteiger partial charge on any atom is 0.252 e. The molecule has 0 saturated heterocycles. The summed E-state index contributed by atoms with van der Waals surface area (Å²) in [7, 11) is -3.66. The molecule has 0 unspecified atom stereocenters. The van der Waals surface area contributed by atoms with Crippen molar-refractivity contribution in [3.05, 3.63) is 51.2 Å². The Hall–Kier alpha value is -1.70. The van der Waals surface area contributed by atoms with Crippen molar-refractivity contribution in [2.24, 2.45) is 5.14 Å². The minimum Gasteiger partial charge on any atom is -0.352 e. The first-order valence-electron chi connectivity index (χ1n) is 6.73. The van der Waals surface area contributed by atoms with Crippen molar-refractivity contribution in [2.45, 2.75) is 25.2 Å². The van der Waals surface area contributed by atoms with E-state index < -0.39 is 10.0 Å². The summed E-state index contributed by atoms with van der Waals surface area (Å²) in [6.45, 7) is 4.42. The van der Waals surface area contributed by atoms with E-state index in [0.717, 1.165) is 16.0 Å². The highest BCUT2D eigenvalue weighted by molar-refractivity contribution is 7.89. The van der Waals surface area contributed by atoms with Crippen LogP contribution in [0.3, 0.4) is 0 Å². The maximum atomic E-state index is 12.1. The van der Waals surface area contributed by atoms with Gasteiger partial charge in [0.1, 0.15) is 0 Å².